The van der Waals surface area contributed by atoms with Gasteiger partial charge in [0, 0.05) is 10.1 Å². The van der Waals surface area contributed by atoms with Crippen LogP contribution in [-0.2, 0) is 10.0 Å². The molecule has 1 aromatic carbocycles. The first kappa shape index (κ1) is 14.9. The SMILES string of the molecule is CNCC(C)CNS(=O)(=O)c1ccc(I)cc1. The highest BCUT2D eigenvalue weighted by atomic mass is 127. The quantitative estimate of drug-likeness (QED) is 0.747. The van der Waals surface area contributed by atoms with E-state index in [9.17, 15) is 8.42 Å². The lowest BCUT2D eigenvalue weighted by molar-refractivity contribution is 0.519. The maximum Gasteiger partial charge on any atom is 0.240 e. The third kappa shape index (κ3) is 4.90. The van der Waals surface area contributed by atoms with Crippen molar-refractivity contribution in [2.75, 3.05) is 20.1 Å². The molecule has 0 aromatic heterocycles. The zero-order valence-corrected chi connectivity index (χ0v) is 12.9. The monoisotopic (exact) mass is 368 g/mol. The minimum atomic E-state index is -3.37. The number of sulfonamides is 1. The van der Waals surface area contributed by atoms with Crippen LogP contribution in [0.3, 0.4) is 0 Å². The first-order chi connectivity index (χ1) is 7.95. The first-order valence-corrected chi connectivity index (χ1v) is 7.91. The Morgan fingerprint density at radius 2 is 1.82 bits per heavy atom. The summed E-state index contributed by atoms with van der Waals surface area (Å²) < 4.78 is 27.5. The fraction of sp³-hybridized carbons (Fsp3) is 0.455. The van der Waals surface area contributed by atoms with Gasteiger partial charge in [-0.1, -0.05) is 6.92 Å². The summed E-state index contributed by atoms with van der Waals surface area (Å²) in [5.41, 5.74) is 0. The molecular formula is C11H17IN2O2S. The molecule has 96 valence electrons. The number of benzene rings is 1. The maximum atomic E-state index is 11.9. The molecule has 0 saturated heterocycles. The van der Waals surface area contributed by atoms with Crippen LogP contribution in [0.2, 0.25) is 0 Å². The summed E-state index contributed by atoms with van der Waals surface area (Å²) in [6, 6.07) is 6.80. The van der Waals surface area contributed by atoms with E-state index in [1.54, 1.807) is 24.3 Å². The van der Waals surface area contributed by atoms with Crippen molar-refractivity contribution in [2.24, 2.45) is 5.92 Å². The average Bonchev–Trinajstić information content (AvgIpc) is 2.28. The Balaban J connectivity index is 2.66. The van der Waals surface area contributed by atoms with Crippen LogP contribution in [0.25, 0.3) is 0 Å². The standard InChI is InChI=1S/C11H17IN2O2S/c1-9(7-13-2)8-14-17(15,16)11-5-3-10(12)4-6-11/h3-6,9,13-14H,7-8H2,1-2H3. The van der Waals surface area contributed by atoms with Gasteiger partial charge in [-0.3, -0.25) is 0 Å². The summed E-state index contributed by atoms with van der Waals surface area (Å²) in [6.45, 7) is 3.22. The van der Waals surface area contributed by atoms with Crippen molar-refractivity contribution in [3.63, 3.8) is 0 Å². The van der Waals surface area contributed by atoms with Gasteiger partial charge in [-0.25, -0.2) is 13.1 Å². The number of hydrogen-bond donors (Lipinski definition) is 2. The molecule has 0 aliphatic heterocycles. The van der Waals surface area contributed by atoms with Gasteiger partial charge in [0.05, 0.1) is 4.90 Å². The van der Waals surface area contributed by atoms with Gasteiger partial charge in [0.1, 0.15) is 0 Å². The molecule has 0 saturated carbocycles. The molecule has 0 fully saturated rings. The molecule has 1 unspecified atom stereocenters. The molecule has 17 heavy (non-hydrogen) atoms. The lowest BCUT2D eigenvalue weighted by atomic mass is 10.2. The Bertz CT molecular complexity index is 445. The normalized spacial score (nSPS) is 13.6. The van der Waals surface area contributed by atoms with E-state index in [4.69, 9.17) is 0 Å². The molecule has 1 rings (SSSR count). The summed E-state index contributed by atoms with van der Waals surface area (Å²) in [6.07, 6.45) is 0. The molecule has 0 spiro atoms. The second-order valence-electron chi connectivity index (χ2n) is 3.97. The molecule has 6 heteroatoms. The van der Waals surface area contributed by atoms with Gasteiger partial charge < -0.3 is 5.32 Å². The van der Waals surface area contributed by atoms with Crippen molar-refractivity contribution < 1.29 is 8.42 Å². The Morgan fingerprint density at radius 3 is 2.35 bits per heavy atom. The number of hydrogen-bond acceptors (Lipinski definition) is 3. The predicted octanol–water partition coefficient (Wildman–Crippen LogP) is 1.43. The minimum Gasteiger partial charge on any atom is -0.319 e. The molecule has 0 aliphatic carbocycles. The van der Waals surface area contributed by atoms with Crippen LogP contribution in [0.4, 0.5) is 0 Å². The van der Waals surface area contributed by atoms with Gasteiger partial charge in [0.25, 0.3) is 0 Å². The minimum absolute atomic E-state index is 0.263. The molecule has 4 nitrogen and oxygen atoms in total. The molecule has 0 aliphatic rings. The summed E-state index contributed by atoms with van der Waals surface area (Å²) in [4.78, 5) is 0.314. The number of rotatable bonds is 6. The summed E-state index contributed by atoms with van der Waals surface area (Å²) >= 11 is 2.14. The molecule has 1 atom stereocenters. The third-order valence-electron chi connectivity index (χ3n) is 2.30. The van der Waals surface area contributed by atoms with Crippen LogP contribution in [0, 0.1) is 9.49 Å². The van der Waals surface area contributed by atoms with Crippen molar-refractivity contribution in [3.8, 4) is 0 Å². The molecule has 0 heterocycles. The van der Waals surface area contributed by atoms with Gasteiger partial charge >= 0.3 is 0 Å². The molecule has 0 bridgehead atoms. The molecule has 0 amide bonds. The van der Waals surface area contributed by atoms with Gasteiger partial charge in [0.15, 0.2) is 0 Å². The summed E-state index contributed by atoms with van der Waals surface area (Å²) in [7, 11) is -1.52. The van der Waals surface area contributed by atoms with Gasteiger partial charge in [-0.15, -0.1) is 0 Å². The number of halogens is 1. The van der Waals surface area contributed by atoms with E-state index < -0.39 is 10.0 Å². The van der Waals surface area contributed by atoms with Crippen LogP contribution < -0.4 is 10.0 Å². The second kappa shape index (κ2) is 6.67. The van der Waals surface area contributed by atoms with E-state index in [1.807, 2.05) is 14.0 Å². The molecule has 0 radical (unpaired) electrons. The van der Waals surface area contributed by atoms with Crippen molar-refractivity contribution in [1.82, 2.24) is 10.0 Å². The van der Waals surface area contributed by atoms with Crippen molar-refractivity contribution in [2.45, 2.75) is 11.8 Å². The van der Waals surface area contributed by atoms with Crippen LogP contribution in [0.1, 0.15) is 6.92 Å². The van der Waals surface area contributed by atoms with Gasteiger partial charge in [-0.05, 0) is 66.4 Å². The highest BCUT2D eigenvalue weighted by Crippen LogP contribution is 2.11. The van der Waals surface area contributed by atoms with E-state index in [1.165, 1.54) is 0 Å². The van der Waals surface area contributed by atoms with Gasteiger partial charge in [-0.2, -0.15) is 0 Å². The van der Waals surface area contributed by atoms with Crippen molar-refractivity contribution in [3.05, 3.63) is 27.8 Å². The Hall–Kier alpha value is -0.180. The van der Waals surface area contributed by atoms with Crippen LogP contribution >= 0.6 is 22.6 Å². The Morgan fingerprint density at radius 1 is 1.24 bits per heavy atom. The molecular weight excluding hydrogens is 351 g/mol. The van der Waals surface area contributed by atoms with E-state index >= 15 is 0 Å². The van der Waals surface area contributed by atoms with Crippen LogP contribution in [0.5, 0.6) is 0 Å². The van der Waals surface area contributed by atoms with E-state index in [2.05, 4.69) is 32.6 Å². The fourth-order valence-electron chi connectivity index (χ4n) is 1.37. The Kier molecular flexibility index (Phi) is 5.84. The van der Waals surface area contributed by atoms with Gasteiger partial charge in [0.2, 0.25) is 10.0 Å². The zero-order valence-electron chi connectivity index (χ0n) is 9.90. The lowest BCUT2D eigenvalue weighted by Gasteiger charge is -2.12. The highest BCUT2D eigenvalue weighted by Gasteiger charge is 2.14. The third-order valence-corrected chi connectivity index (χ3v) is 4.46. The van der Waals surface area contributed by atoms with Crippen molar-refractivity contribution >= 4 is 32.6 Å². The second-order valence-corrected chi connectivity index (χ2v) is 6.98. The molecule has 1 aromatic rings. The molecule has 2 N–H and O–H groups in total. The Labute approximate surface area is 116 Å². The van der Waals surface area contributed by atoms with E-state index in [0.717, 1.165) is 10.1 Å². The maximum absolute atomic E-state index is 11.9. The fourth-order valence-corrected chi connectivity index (χ4v) is 2.89. The summed E-state index contributed by atoms with van der Waals surface area (Å²) in [5.74, 6) is 0.263. The topological polar surface area (TPSA) is 58.2 Å². The zero-order chi connectivity index (χ0) is 12.9. The van der Waals surface area contributed by atoms with E-state index in [0.29, 0.717) is 11.4 Å². The first-order valence-electron chi connectivity index (χ1n) is 5.35. The highest BCUT2D eigenvalue weighted by molar-refractivity contribution is 14.1. The summed E-state index contributed by atoms with van der Waals surface area (Å²) in [5, 5.41) is 3.02. The average molecular weight is 368 g/mol. The predicted molar refractivity (Wildman–Crippen MR) is 77.4 cm³/mol. The van der Waals surface area contributed by atoms with Crippen LogP contribution in [0.15, 0.2) is 29.2 Å². The van der Waals surface area contributed by atoms with Crippen LogP contribution in [-0.4, -0.2) is 28.6 Å². The van der Waals surface area contributed by atoms with E-state index in [-0.39, 0.29) is 5.92 Å². The lowest BCUT2D eigenvalue weighted by Crippen LogP contribution is -2.32. The largest absolute Gasteiger partial charge is 0.319 e. The van der Waals surface area contributed by atoms with Crippen molar-refractivity contribution in [1.29, 1.82) is 0 Å². The number of nitrogens with one attached hydrogen (secondary N) is 2. The smallest absolute Gasteiger partial charge is 0.240 e.